The number of halogens is 1. The highest BCUT2D eigenvalue weighted by Gasteiger charge is 2.34. The van der Waals surface area contributed by atoms with E-state index in [1.807, 2.05) is 75.4 Å². The molecule has 0 heterocycles. The summed E-state index contributed by atoms with van der Waals surface area (Å²) in [5.74, 6) is -0.547. The van der Waals surface area contributed by atoms with Crippen LogP contribution in [0.2, 0.25) is 0 Å². The van der Waals surface area contributed by atoms with Crippen LogP contribution in [-0.4, -0.2) is 56.6 Å². The number of anilines is 1. The van der Waals surface area contributed by atoms with E-state index in [0.29, 0.717) is 5.75 Å². The summed E-state index contributed by atoms with van der Waals surface area (Å²) in [6, 6.07) is 22.6. The number of sulfonamides is 1. The monoisotopic (exact) mass is 629 g/mol. The summed E-state index contributed by atoms with van der Waals surface area (Å²) in [5, 5.41) is 3.01. The van der Waals surface area contributed by atoms with Gasteiger partial charge in [-0.05, 0) is 56.2 Å². The molecule has 1 atom stereocenters. The first-order chi connectivity index (χ1) is 18.8. The van der Waals surface area contributed by atoms with Crippen LogP contribution in [0, 0.1) is 0 Å². The van der Waals surface area contributed by atoms with Crippen LogP contribution < -0.4 is 14.4 Å². The fourth-order valence-corrected chi connectivity index (χ4v) is 5.57. The van der Waals surface area contributed by atoms with Crippen molar-refractivity contribution in [2.45, 2.75) is 45.3 Å². The maximum Gasteiger partial charge on any atom is 0.244 e. The minimum Gasteiger partial charge on any atom is -0.495 e. The summed E-state index contributed by atoms with van der Waals surface area (Å²) in [7, 11) is -2.46. The van der Waals surface area contributed by atoms with Crippen molar-refractivity contribution in [3.63, 3.8) is 0 Å². The van der Waals surface area contributed by atoms with Crippen molar-refractivity contribution in [2.75, 3.05) is 24.2 Å². The first-order valence-electron chi connectivity index (χ1n) is 12.8. The first-order valence-corrected chi connectivity index (χ1v) is 15.4. The number of carbonyl (C=O) groups excluding carboxylic acids is 2. The van der Waals surface area contributed by atoms with Crippen molar-refractivity contribution in [3.05, 3.63) is 94.5 Å². The molecular formula is C30H36BrN3O5S. The lowest BCUT2D eigenvalue weighted by molar-refractivity contribution is -0.140. The van der Waals surface area contributed by atoms with Gasteiger partial charge in [0, 0.05) is 23.0 Å². The Morgan fingerprint density at radius 1 is 0.950 bits per heavy atom. The van der Waals surface area contributed by atoms with Gasteiger partial charge in [-0.15, -0.1) is 0 Å². The molecule has 0 aliphatic carbocycles. The summed E-state index contributed by atoms with van der Waals surface area (Å²) in [6.45, 7) is 5.20. The van der Waals surface area contributed by atoms with E-state index in [2.05, 4.69) is 21.2 Å². The summed E-state index contributed by atoms with van der Waals surface area (Å²) < 4.78 is 33.1. The van der Waals surface area contributed by atoms with Crippen LogP contribution in [0.5, 0.6) is 5.75 Å². The van der Waals surface area contributed by atoms with Gasteiger partial charge in [0.2, 0.25) is 21.8 Å². The Morgan fingerprint density at radius 2 is 1.57 bits per heavy atom. The zero-order chi connectivity index (χ0) is 29.5. The Kier molecular flexibility index (Phi) is 10.4. The Labute approximate surface area is 245 Å². The third-order valence-corrected chi connectivity index (χ3v) is 7.66. The molecule has 0 bridgehead atoms. The molecule has 214 valence electrons. The van der Waals surface area contributed by atoms with Crippen molar-refractivity contribution in [1.82, 2.24) is 10.2 Å². The molecule has 3 rings (SSSR count). The highest BCUT2D eigenvalue weighted by atomic mass is 79.9. The molecule has 0 aliphatic rings. The number of nitrogens with zero attached hydrogens (tertiary/aromatic N) is 2. The van der Waals surface area contributed by atoms with Crippen LogP contribution in [-0.2, 0) is 32.6 Å². The number of hydrogen-bond donors (Lipinski definition) is 1. The van der Waals surface area contributed by atoms with Gasteiger partial charge < -0.3 is 15.0 Å². The van der Waals surface area contributed by atoms with Crippen molar-refractivity contribution < 1.29 is 22.7 Å². The van der Waals surface area contributed by atoms with Crippen molar-refractivity contribution in [2.24, 2.45) is 0 Å². The van der Waals surface area contributed by atoms with Gasteiger partial charge in [0.25, 0.3) is 0 Å². The molecule has 40 heavy (non-hydrogen) atoms. The molecule has 1 unspecified atom stereocenters. The van der Waals surface area contributed by atoms with Gasteiger partial charge >= 0.3 is 0 Å². The normalized spacial score (nSPS) is 12.3. The molecule has 3 aromatic rings. The van der Waals surface area contributed by atoms with Crippen molar-refractivity contribution in [3.8, 4) is 5.75 Å². The predicted octanol–water partition coefficient (Wildman–Crippen LogP) is 4.78. The lowest BCUT2D eigenvalue weighted by Gasteiger charge is -2.35. The van der Waals surface area contributed by atoms with Gasteiger partial charge in [0.05, 0.1) is 19.1 Å². The summed E-state index contributed by atoms with van der Waals surface area (Å²) in [4.78, 5) is 29.4. The number of para-hydroxylation sites is 2. The van der Waals surface area contributed by atoms with E-state index in [1.54, 1.807) is 24.3 Å². The Bertz CT molecular complexity index is 1420. The third kappa shape index (κ3) is 8.82. The zero-order valence-corrected chi connectivity index (χ0v) is 25.8. The minimum absolute atomic E-state index is 0.0941. The lowest BCUT2D eigenvalue weighted by Crippen LogP contribution is -2.56. The average Bonchev–Trinajstić information content (AvgIpc) is 2.88. The second-order valence-electron chi connectivity index (χ2n) is 10.5. The Morgan fingerprint density at radius 3 is 2.17 bits per heavy atom. The standard InChI is InChI=1S/C30H36BrN3O5S/c1-30(2,3)32-29(36)26(19-22-12-7-6-8-13-22)33(20-23-14-11-15-24(31)18-23)28(35)21-34(40(5,37)38)25-16-9-10-17-27(25)39-4/h6-18,26H,19-21H2,1-5H3,(H,32,36). The van der Waals surface area contributed by atoms with Crippen LogP contribution >= 0.6 is 15.9 Å². The zero-order valence-electron chi connectivity index (χ0n) is 23.4. The van der Waals surface area contributed by atoms with Gasteiger partial charge in [0.1, 0.15) is 18.3 Å². The van der Waals surface area contributed by atoms with E-state index < -0.39 is 34.1 Å². The number of methoxy groups -OCH3 is 1. The summed E-state index contributed by atoms with van der Waals surface area (Å²) in [6.07, 6.45) is 1.29. The number of hydrogen-bond acceptors (Lipinski definition) is 5. The fourth-order valence-electron chi connectivity index (χ4n) is 4.27. The maximum absolute atomic E-state index is 14.2. The number of carbonyl (C=O) groups is 2. The van der Waals surface area contributed by atoms with E-state index in [9.17, 15) is 18.0 Å². The van der Waals surface area contributed by atoms with E-state index in [-0.39, 0.29) is 24.6 Å². The molecule has 3 aromatic carbocycles. The SMILES string of the molecule is COc1ccccc1N(CC(=O)N(Cc1cccc(Br)c1)C(Cc1ccccc1)C(=O)NC(C)(C)C)S(C)(=O)=O. The molecule has 0 saturated carbocycles. The molecule has 2 amide bonds. The predicted molar refractivity (Wildman–Crippen MR) is 162 cm³/mol. The molecule has 0 saturated heterocycles. The smallest absolute Gasteiger partial charge is 0.244 e. The van der Waals surface area contributed by atoms with Crippen LogP contribution in [0.1, 0.15) is 31.9 Å². The minimum atomic E-state index is -3.89. The average molecular weight is 631 g/mol. The maximum atomic E-state index is 14.2. The van der Waals surface area contributed by atoms with Gasteiger partial charge in [-0.2, -0.15) is 0 Å². The first kappa shape index (κ1) is 31.2. The van der Waals surface area contributed by atoms with E-state index in [1.165, 1.54) is 12.0 Å². The largest absolute Gasteiger partial charge is 0.495 e. The topological polar surface area (TPSA) is 96.0 Å². The Hall–Kier alpha value is -3.37. The van der Waals surface area contributed by atoms with Gasteiger partial charge in [-0.3, -0.25) is 13.9 Å². The highest BCUT2D eigenvalue weighted by molar-refractivity contribution is 9.10. The van der Waals surface area contributed by atoms with Crippen LogP contribution in [0.3, 0.4) is 0 Å². The van der Waals surface area contributed by atoms with E-state index in [0.717, 1.165) is 26.2 Å². The number of rotatable bonds is 11. The highest BCUT2D eigenvalue weighted by Crippen LogP contribution is 2.30. The van der Waals surface area contributed by atoms with Crippen molar-refractivity contribution in [1.29, 1.82) is 0 Å². The summed E-state index contributed by atoms with van der Waals surface area (Å²) in [5.41, 5.74) is 1.34. The molecule has 0 spiro atoms. The molecular weight excluding hydrogens is 594 g/mol. The molecule has 0 aromatic heterocycles. The van der Waals surface area contributed by atoms with Gasteiger partial charge in [-0.25, -0.2) is 8.42 Å². The molecule has 0 radical (unpaired) electrons. The lowest BCUT2D eigenvalue weighted by atomic mass is 10.0. The quantitative estimate of drug-likeness (QED) is 0.329. The summed E-state index contributed by atoms with van der Waals surface area (Å²) >= 11 is 3.48. The van der Waals surface area contributed by atoms with Gasteiger partial charge in [0.15, 0.2) is 0 Å². The van der Waals surface area contributed by atoms with E-state index in [4.69, 9.17) is 4.74 Å². The third-order valence-electron chi connectivity index (χ3n) is 6.04. The molecule has 1 N–H and O–H groups in total. The number of benzene rings is 3. The van der Waals surface area contributed by atoms with Gasteiger partial charge in [-0.1, -0.05) is 70.5 Å². The second-order valence-corrected chi connectivity index (χ2v) is 13.4. The number of ether oxygens (including phenoxy) is 1. The fraction of sp³-hybridized carbons (Fsp3) is 0.333. The van der Waals surface area contributed by atoms with Crippen LogP contribution in [0.25, 0.3) is 0 Å². The van der Waals surface area contributed by atoms with E-state index >= 15 is 0 Å². The molecule has 8 nitrogen and oxygen atoms in total. The Balaban J connectivity index is 2.10. The molecule has 10 heteroatoms. The number of amides is 2. The van der Waals surface area contributed by atoms with Crippen LogP contribution in [0.4, 0.5) is 5.69 Å². The molecule has 0 aliphatic heterocycles. The number of nitrogens with one attached hydrogen (secondary N) is 1. The second kappa shape index (κ2) is 13.3. The molecule has 0 fully saturated rings. The van der Waals surface area contributed by atoms with Crippen molar-refractivity contribution >= 4 is 43.5 Å². The van der Waals surface area contributed by atoms with Crippen LogP contribution in [0.15, 0.2) is 83.3 Å².